The summed E-state index contributed by atoms with van der Waals surface area (Å²) in [6, 6.07) is 2.89. The van der Waals surface area contributed by atoms with Crippen molar-refractivity contribution in [3.8, 4) is 5.75 Å². The molecular formula is C9H12FNO. The van der Waals surface area contributed by atoms with Gasteiger partial charge in [0.05, 0.1) is 0 Å². The van der Waals surface area contributed by atoms with Crippen LogP contribution in [0.2, 0.25) is 0 Å². The van der Waals surface area contributed by atoms with Crippen LogP contribution in [0.1, 0.15) is 11.1 Å². The fraction of sp³-hybridized carbons (Fsp3) is 0.333. The molecule has 66 valence electrons. The fourth-order valence-electron chi connectivity index (χ4n) is 1.11. The van der Waals surface area contributed by atoms with Gasteiger partial charge in [0.2, 0.25) is 0 Å². The molecule has 0 radical (unpaired) electrons. The van der Waals surface area contributed by atoms with Crippen LogP contribution in [-0.2, 0) is 6.42 Å². The molecule has 0 spiro atoms. The van der Waals surface area contributed by atoms with Crippen LogP contribution in [0.15, 0.2) is 12.1 Å². The summed E-state index contributed by atoms with van der Waals surface area (Å²) in [5, 5.41) is 9.41. The van der Waals surface area contributed by atoms with Gasteiger partial charge in [0.15, 0.2) is 0 Å². The molecule has 0 bridgehead atoms. The van der Waals surface area contributed by atoms with Gasteiger partial charge < -0.3 is 10.8 Å². The first-order valence-electron chi connectivity index (χ1n) is 3.84. The second-order valence-electron chi connectivity index (χ2n) is 2.73. The first-order chi connectivity index (χ1) is 5.66. The van der Waals surface area contributed by atoms with Crippen molar-refractivity contribution in [1.82, 2.24) is 0 Å². The molecule has 0 aromatic heterocycles. The molecule has 1 aromatic rings. The molecule has 0 unspecified atom stereocenters. The summed E-state index contributed by atoms with van der Waals surface area (Å²) >= 11 is 0. The maximum atomic E-state index is 13.0. The predicted octanol–water partition coefficient (Wildman–Crippen LogP) is 1.34. The van der Waals surface area contributed by atoms with Crippen molar-refractivity contribution in [2.45, 2.75) is 13.3 Å². The van der Waals surface area contributed by atoms with Crippen LogP contribution in [0.5, 0.6) is 5.75 Å². The molecule has 1 rings (SSSR count). The average molecular weight is 169 g/mol. The molecule has 0 fully saturated rings. The van der Waals surface area contributed by atoms with Crippen LogP contribution in [-0.4, -0.2) is 11.7 Å². The Labute approximate surface area is 70.8 Å². The molecule has 0 aliphatic carbocycles. The molecule has 3 N–H and O–H groups in total. The van der Waals surface area contributed by atoms with Gasteiger partial charge in [0.25, 0.3) is 0 Å². The van der Waals surface area contributed by atoms with Gasteiger partial charge in [-0.05, 0) is 31.5 Å². The summed E-state index contributed by atoms with van der Waals surface area (Å²) in [7, 11) is 0. The van der Waals surface area contributed by atoms with Crippen LogP contribution in [0.3, 0.4) is 0 Å². The molecule has 0 heterocycles. The first kappa shape index (κ1) is 9.00. The number of nitrogens with two attached hydrogens (primary N) is 1. The quantitative estimate of drug-likeness (QED) is 0.701. The van der Waals surface area contributed by atoms with E-state index in [-0.39, 0.29) is 11.6 Å². The summed E-state index contributed by atoms with van der Waals surface area (Å²) < 4.78 is 13.0. The number of aromatic hydroxyl groups is 1. The molecule has 0 saturated heterocycles. The Morgan fingerprint density at radius 3 is 2.75 bits per heavy atom. The van der Waals surface area contributed by atoms with E-state index in [0.29, 0.717) is 24.1 Å². The second-order valence-corrected chi connectivity index (χ2v) is 2.73. The Morgan fingerprint density at radius 1 is 1.50 bits per heavy atom. The van der Waals surface area contributed by atoms with E-state index in [1.165, 1.54) is 6.07 Å². The Hall–Kier alpha value is -1.09. The molecule has 1 aromatic carbocycles. The van der Waals surface area contributed by atoms with Crippen molar-refractivity contribution in [3.05, 3.63) is 29.1 Å². The van der Waals surface area contributed by atoms with E-state index in [1.54, 1.807) is 13.0 Å². The molecule has 0 aliphatic heterocycles. The van der Waals surface area contributed by atoms with E-state index in [0.717, 1.165) is 0 Å². The van der Waals surface area contributed by atoms with Crippen LogP contribution < -0.4 is 5.73 Å². The summed E-state index contributed by atoms with van der Waals surface area (Å²) in [6.07, 6.45) is 0.374. The summed E-state index contributed by atoms with van der Waals surface area (Å²) in [4.78, 5) is 0. The predicted molar refractivity (Wildman–Crippen MR) is 45.6 cm³/mol. The number of hydrogen-bond acceptors (Lipinski definition) is 2. The van der Waals surface area contributed by atoms with E-state index in [4.69, 9.17) is 5.73 Å². The summed E-state index contributed by atoms with van der Waals surface area (Å²) in [6.45, 7) is 2.07. The van der Waals surface area contributed by atoms with Crippen molar-refractivity contribution in [2.75, 3.05) is 6.54 Å². The van der Waals surface area contributed by atoms with Crippen LogP contribution in [0.25, 0.3) is 0 Å². The largest absolute Gasteiger partial charge is 0.507 e. The van der Waals surface area contributed by atoms with E-state index in [2.05, 4.69) is 0 Å². The number of rotatable bonds is 2. The number of benzene rings is 1. The van der Waals surface area contributed by atoms with E-state index in [1.807, 2.05) is 0 Å². The van der Waals surface area contributed by atoms with Crippen LogP contribution >= 0.6 is 0 Å². The zero-order valence-electron chi connectivity index (χ0n) is 6.97. The Morgan fingerprint density at radius 2 is 2.17 bits per heavy atom. The third-order valence-electron chi connectivity index (χ3n) is 1.82. The second kappa shape index (κ2) is 3.54. The molecule has 2 nitrogen and oxygen atoms in total. The number of phenols is 1. The molecule has 0 aliphatic rings. The summed E-state index contributed by atoms with van der Waals surface area (Å²) in [5.41, 5.74) is 6.27. The van der Waals surface area contributed by atoms with Gasteiger partial charge >= 0.3 is 0 Å². The highest BCUT2D eigenvalue weighted by Gasteiger charge is 2.08. The van der Waals surface area contributed by atoms with Gasteiger partial charge in [-0.1, -0.05) is 6.07 Å². The minimum Gasteiger partial charge on any atom is -0.507 e. The third kappa shape index (κ3) is 1.56. The van der Waals surface area contributed by atoms with Crippen molar-refractivity contribution < 1.29 is 9.50 Å². The van der Waals surface area contributed by atoms with Gasteiger partial charge in [-0.3, -0.25) is 0 Å². The highest BCUT2D eigenvalue weighted by molar-refractivity contribution is 5.40. The lowest BCUT2D eigenvalue weighted by Crippen LogP contribution is -2.05. The number of phenolic OH excluding ortho intramolecular Hbond substituents is 1. The van der Waals surface area contributed by atoms with Crippen molar-refractivity contribution in [3.63, 3.8) is 0 Å². The molecule has 12 heavy (non-hydrogen) atoms. The molecule has 0 saturated carbocycles. The topological polar surface area (TPSA) is 46.2 Å². The lowest BCUT2D eigenvalue weighted by atomic mass is 10.1. The standard InChI is InChI=1S/C9H12FNO/c1-6-2-3-8(10)7(4-5-11)9(6)12/h2-3,12H,4-5,11H2,1H3. The smallest absolute Gasteiger partial charge is 0.130 e. The Kier molecular flexibility index (Phi) is 2.65. The van der Waals surface area contributed by atoms with E-state index in [9.17, 15) is 9.50 Å². The van der Waals surface area contributed by atoms with Gasteiger partial charge in [0.1, 0.15) is 11.6 Å². The highest BCUT2D eigenvalue weighted by Crippen LogP contribution is 2.24. The maximum absolute atomic E-state index is 13.0. The fourth-order valence-corrected chi connectivity index (χ4v) is 1.11. The van der Waals surface area contributed by atoms with Crippen LogP contribution in [0, 0.1) is 12.7 Å². The molecular weight excluding hydrogens is 157 g/mol. The van der Waals surface area contributed by atoms with Crippen LogP contribution in [0.4, 0.5) is 4.39 Å². The van der Waals surface area contributed by atoms with Gasteiger partial charge in [0, 0.05) is 5.56 Å². The van der Waals surface area contributed by atoms with Crippen molar-refractivity contribution in [2.24, 2.45) is 5.73 Å². The molecule has 0 atom stereocenters. The molecule has 0 amide bonds. The maximum Gasteiger partial charge on any atom is 0.130 e. The van der Waals surface area contributed by atoms with E-state index < -0.39 is 0 Å². The van der Waals surface area contributed by atoms with Crippen molar-refractivity contribution >= 4 is 0 Å². The zero-order chi connectivity index (χ0) is 9.14. The minimum absolute atomic E-state index is 0.0282. The summed E-state index contributed by atoms with van der Waals surface area (Å²) in [5.74, 6) is -0.357. The number of aryl methyl sites for hydroxylation is 1. The average Bonchev–Trinajstić information content (AvgIpc) is 2.06. The van der Waals surface area contributed by atoms with Gasteiger partial charge in [-0.2, -0.15) is 0 Å². The zero-order valence-corrected chi connectivity index (χ0v) is 6.97. The SMILES string of the molecule is Cc1ccc(F)c(CCN)c1O. The minimum atomic E-state index is -0.386. The van der Waals surface area contributed by atoms with Gasteiger partial charge in [-0.25, -0.2) is 4.39 Å². The third-order valence-corrected chi connectivity index (χ3v) is 1.82. The van der Waals surface area contributed by atoms with Crippen molar-refractivity contribution in [1.29, 1.82) is 0 Å². The number of hydrogen-bond donors (Lipinski definition) is 2. The monoisotopic (exact) mass is 169 g/mol. The van der Waals surface area contributed by atoms with Gasteiger partial charge in [-0.15, -0.1) is 0 Å². The Bertz CT molecular complexity index is 286. The first-order valence-corrected chi connectivity index (χ1v) is 3.84. The normalized spacial score (nSPS) is 10.2. The lowest BCUT2D eigenvalue weighted by molar-refractivity contribution is 0.454. The Balaban J connectivity index is 3.14. The van der Waals surface area contributed by atoms with E-state index >= 15 is 0 Å². The molecule has 3 heteroatoms. The highest BCUT2D eigenvalue weighted by atomic mass is 19.1. The number of halogens is 1. The lowest BCUT2D eigenvalue weighted by Gasteiger charge is -2.06.